The van der Waals surface area contributed by atoms with E-state index in [0.717, 1.165) is 11.3 Å². The van der Waals surface area contributed by atoms with Crippen molar-refractivity contribution in [1.82, 2.24) is 4.98 Å². The molecule has 10 heteroatoms. The number of methoxy groups -OCH3 is 1. The van der Waals surface area contributed by atoms with Gasteiger partial charge in [0.15, 0.2) is 5.13 Å². The van der Waals surface area contributed by atoms with Crippen molar-refractivity contribution in [3.05, 3.63) is 40.4 Å². The standard InChI is InChI=1S/C12H10F2N2O4S2/c1-6-10(11(17)20-2)21-12(15-6)16-22(18,19)9-4-7(13)3-8(14)5-9/h3-5H,1-2H3,(H,15,16). The van der Waals surface area contributed by atoms with Crippen LogP contribution in [0.5, 0.6) is 0 Å². The molecule has 2 rings (SSSR count). The summed E-state index contributed by atoms with van der Waals surface area (Å²) in [6.07, 6.45) is 0. The van der Waals surface area contributed by atoms with Crippen LogP contribution in [0.15, 0.2) is 23.1 Å². The summed E-state index contributed by atoms with van der Waals surface area (Å²) in [5.74, 6) is -2.70. The van der Waals surface area contributed by atoms with E-state index in [1.54, 1.807) is 0 Å². The number of ether oxygens (including phenoxy) is 1. The van der Waals surface area contributed by atoms with Crippen LogP contribution in [-0.2, 0) is 14.8 Å². The fourth-order valence-corrected chi connectivity index (χ4v) is 3.74. The van der Waals surface area contributed by atoms with Crippen LogP contribution in [0.1, 0.15) is 15.4 Å². The third-order valence-corrected chi connectivity index (χ3v) is 5.04. The lowest BCUT2D eigenvalue weighted by Crippen LogP contribution is -2.13. The number of benzene rings is 1. The van der Waals surface area contributed by atoms with Crippen LogP contribution in [0, 0.1) is 18.6 Å². The molecule has 0 fully saturated rings. The molecule has 0 aliphatic carbocycles. The van der Waals surface area contributed by atoms with Crippen LogP contribution < -0.4 is 4.72 Å². The fraction of sp³-hybridized carbons (Fsp3) is 0.167. The first-order valence-electron chi connectivity index (χ1n) is 5.77. The molecule has 0 radical (unpaired) electrons. The second-order valence-electron chi connectivity index (χ2n) is 4.14. The van der Waals surface area contributed by atoms with E-state index in [-0.39, 0.29) is 15.7 Å². The number of hydrogen-bond acceptors (Lipinski definition) is 6. The van der Waals surface area contributed by atoms with E-state index in [9.17, 15) is 22.0 Å². The number of anilines is 1. The highest BCUT2D eigenvalue weighted by Gasteiger charge is 2.21. The van der Waals surface area contributed by atoms with Crippen molar-refractivity contribution >= 4 is 32.5 Å². The molecule has 0 bridgehead atoms. The zero-order valence-electron chi connectivity index (χ0n) is 11.4. The second-order valence-corrected chi connectivity index (χ2v) is 6.82. The molecular formula is C12H10F2N2O4S2. The van der Waals surface area contributed by atoms with Crippen molar-refractivity contribution < 1.29 is 26.7 Å². The van der Waals surface area contributed by atoms with Gasteiger partial charge >= 0.3 is 5.97 Å². The predicted octanol–water partition coefficient (Wildman–Crippen LogP) is 2.32. The number of nitrogens with one attached hydrogen (secondary N) is 1. The number of nitrogens with zero attached hydrogens (tertiary/aromatic N) is 1. The molecule has 0 unspecified atom stereocenters. The van der Waals surface area contributed by atoms with Gasteiger partial charge in [-0.1, -0.05) is 11.3 Å². The Labute approximate surface area is 128 Å². The molecule has 0 atom stereocenters. The van der Waals surface area contributed by atoms with E-state index in [1.807, 2.05) is 0 Å². The first-order chi connectivity index (χ1) is 10.2. The van der Waals surface area contributed by atoms with Gasteiger partial charge in [-0.3, -0.25) is 4.72 Å². The van der Waals surface area contributed by atoms with Gasteiger partial charge in [0.05, 0.1) is 17.7 Å². The summed E-state index contributed by atoms with van der Waals surface area (Å²) >= 11 is 0.759. The summed E-state index contributed by atoms with van der Waals surface area (Å²) in [6, 6.07) is 1.90. The Hall–Kier alpha value is -2.07. The molecular weight excluding hydrogens is 338 g/mol. The van der Waals surface area contributed by atoms with Crippen LogP contribution in [-0.4, -0.2) is 26.5 Å². The van der Waals surface area contributed by atoms with Crippen molar-refractivity contribution in [3.63, 3.8) is 0 Å². The van der Waals surface area contributed by atoms with E-state index in [0.29, 0.717) is 18.2 Å². The van der Waals surface area contributed by atoms with Gasteiger partial charge in [0.1, 0.15) is 16.5 Å². The molecule has 118 valence electrons. The number of carbonyl (C=O) groups excluding carboxylic acids is 1. The predicted molar refractivity (Wildman–Crippen MR) is 75.4 cm³/mol. The third-order valence-electron chi connectivity index (χ3n) is 2.54. The van der Waals surface area contributed by atoms with E-state index in [2.05, 4.69) is 14.4 Å². The Balaban J connectivity index is 2.35. The molecule has 6 nitrogen and oxygen atoms in total. The number of thiazole rings is 1. The maximum Gasteiger partial charge on any atom is 0.350 e. The van der Waals surface area contributed by atoms with Gasteiger partial charge in [0, 0.05) is 6.07 Å². The number of aromatic nitrogens is 1. The molecule has 1 aromatic heterocycles. The Morgan fingerprint density at radius 2 is 1.86 bits per heavy atom. The molecule has 22 heavy (non-hydrogen) atoms. The van der Waals surface area contributed by atoms with Gasteiger partial charge in [0.2, 0.25) is 0 Å². The maximum absolute atomic E-state index is 13.1. The van der Waals surface area contributed by atoms with Gasteiger partial charge < -0.3 is 4.74 Å². The SMILES string of the molecule is COC(=O)c1sc(NS(=O)(=O)c2cc(F)cc(F)c2)nc1C. The third kappa shape index (κ3) is 3.39. The number of carbonyl (C=O) groups is 1. The molecule has 0 spiro atoms. The number of aryl methyl sites for hydroxylation is 1. The minimum Gasteiger partial charge on any atom is -0.465 e. The van der Waals surface area contributed by atoms with Crippen molar-refractivity contribution in [2.75, 3.05) is 11.8 Å². The molecule has 0 aliphatic heterocycles. The lowest BCUT2D eigenvalue weighted by atomic mass is 10.3. The summed E-state index contributed by atoms with van der Waals surface area (Å²) in [6.45, 7) is 1.50. The van der Waals surface area contributed by atoms with Gasteiger partial charge in [-0.15, -0.1) is 0 Å². The Kier molecular flexibility index (Phi) is 4.42. The summed E-state index contributed by atoms with van der Waals surface area (Å²) in [5.41, 5.74) is 0.278. The monoisotopic (exact) mass is 348 g/mol. The van der Waals surface area contributed by atoms with Crippen molar-refractivity contribution in [2.24, 2.45) is 0 Å². The van der Waals surface area contributed by atoms with Gasteiger partial charge in [-0.2, -0.15) is 0 Å². The van der Waals surface area contributed by atoms with E-state index >= 15 is 0 Å². The molecule has 1 heterocycles. The van der Waals surface area contributed by atoms with Crippen LogP contribution in [0.2, 0.25) is 0 Å². The van der Waals surface area contributed by atoms with E-state index in [4.69, 9.17) is 0 Å². The minimum absolute atomic E-state index is 0.109. The smallest absolute Gasteiger partial charge is 0.350 e. The number of halogens is 2. The molecule has 0 saturated carbocycles. The summed E-state index contributed by atoms with van der Waals surface area (Å²) < 4.78 is 57.0. The second kappa shape index (κ2) is 5.97. The van der Waals surface area contributed by atoms with E-state index in [1.165, 1.54) is 14.0 Å². The fourth-order valence-electron chi connectivity index (χ4n) is 1.58. The highest BCUT2D eigenvalue weighted by Crippen LogP contribution is 2.26. The maximum atomic E-state index is 13.1. The van der Waals surface area contributed by atoms with Gasteiger partial charge in [-0.05, 0) is 19.1 Å². The molecule has 0 aliphatic rings. The number of sulfonamides is 1. The normalized spacial score (nSPS) is 11.3. The average molecular weight is 348 g/mol. The molecule has 1 N–H and O–H groups in total. The Morgan fingerprint density at radius 3 is 2.41 bits per heavy atom. The molecule has 2 aromatic rings. The summed E-state index contributed by atoms with van der Waals surface area (Å²) in [4.78, 5) is 14.9. The quantitative estimate of drug-likeness (QED) is 0.857. The Morgan fingerprint density at radius 1 is 1.27 bits per heavy atom. The van der Waals surface area contributed by atoms with Crippen LogP contribution >= 0.6 is 11.3 Å². The molecule has 0 amide bonds. The molecule has 1 aromatic carbocycles. The van der Waals surface area contributed by atoms with Crippen LogP contribution in [0.3, 0.4) is 0 Å². The summed E-state index contributed by atoms with van der Waals surface area (Å²) in [5, 5.41) is -0.109. The largest absolute Gasteiger partial charge is 0.465 e. The highest BCUT2D eigenvalue weighted by molar-refractivity contribution is 7.93. The first-order valence-corrected chi connectivity index (χ1v) is 8.07. The topological polar surface area (TPSA) is 85.4 Å². The van der Waals surface area contributed by atoms with Crippen LogP contribution in [0.4, 0.5) is 13.9 Å². The van der Waals surface area contributed by atoms with Gasteiger partial charge in [-0.25, -0.2) is 27.0 Å². The van der Waals surface area contributed by atoms with Crippen molar-refractivity contribution in [1.29, 1.82) is 0 Å². The summed E-state index contributed by atoms with van der Waals surface area (Å²) in [7, 11) is -3.05. The van der Waals surface area contributed by atoms with Crippen LogP contribution in [0.25, 0.3) is 0 Å². The van der Waals surface area contributed by atoms with Crippen molar-refractivity contribution in [3.8, 4) is 0 Å². The average Bonchev–Trinajstić information content (AvgIpc) is 2.76. The lowest BCUT2D eigenvalue weighted by Gasteiger charge is -2.05. The van der Waals surface area contributed by atoms with Crippen molar-refractivity contribution in [2.45, 2.75) is 11.8 Å². The highest BCUT2D eigenvalue weighted by atomic mass is 32.2. The minimum atomic E-state index is -4.23. The number of rotatable bonds is 4. The van der Waals surface area contributed by atoms with Gasteiger partial charge in [0.25, 0.3) is 10.0 Å². The van der Waals surface area contributed by atoms with E-state index < -0.39 is 32.5 Å². The lowest BCUT2D eigenvalue weighted by molar-refractivity contribution is 0.0605. The Bertz CT molecular complexity index is 813. The first kappa shape index (κ1) is 16.3. The zero-order valence-corrected chi connectivity index (χ0v) is 13.0. The zero-order chi connectivity index (χ0) is 16.5. The number of esters is 1. The molecule has 0 saturated heterocycles. The number of hydrogen-bond donors (Lipinski definition) is 1.